The van der Waals surface area contributed by atoms with E-state index in [1.165, 1.54) is 7.11 Å². The standard InChI is InChI=1S/C12H17NO3S/c1-5-6-7-9(14)13-8(11(15)16-4)12(2,3)17-10(7)13/h5,7-8,10H,1,6H2,2-4H3/t7-,8+,10-/m1/s1. The Kier molecular flexibility index (Phi) is 2.97. The zero-order chi connectivity index (χ0) is 12.8. The highest BCUT2D eigenvalue weighted by molar-refractivity contribution is 8.01. The van der Waals surface area contributed by atoms with Crippen molar-refractivity contribution in [3.63, 3.8) is 0 Å². The van der Waals surface area contributed by atoms with Crippen LogP contribution in [-0.2, 0) is 14.3 Å². The number of methoxy groups -OCH3 is 1. The Morgan fingerprint density at radius 1 is 1.65 bits per heavy atom. The van der Waals surface area contributed by atoms with Crippen molar-refractivity contribution in [1.82, 2.24) is 4.90 Å². The molecule has 94 valence electrons. The lowest BCUT2D eigenvalue weighted by atomic mass is 9.89. The van der Waals surface area contributed by atoms with E-state index in [1.54, 1.807) is 22.7 Å². The van der Waals surface area contributed by atoms with Crippen molar-refractivity contribution in [3.05, 3.63) is 12.7 Å². The van der Waals surface area contributed by atoms with Crippen molar-refractivity contribution in [2.24, 2.45) is 5.92 Å². The van der Waals surface area contributed by atoms with Gasteiger partial charge in [0.25, 0.3) is 0 Å². The number of nitrogens with zero attached hydrogens (tertiary/aromatic N) is 1. The molecule has 0 aromatic rings. The van der Waals surface area contributed by atoms with E-state index in [4.69, 9.17) is 4.74 Å². The van der Waals surface area contributed by atoms with Gasteiger partial charge in [0, 0.05) is 4.75 Å². The molecular weight excluding hydrogens is 238 g/mol. The third-order valence-electron chi connectivity index (χ3n) is 3.40. The molecule has 3 atom stereocenters. The van der Waals surface area contributed by atoms with Gasteiger partial charge in [-0.25, -0.2) is 4.79 Å². The molecule has 2 aliphatic heterocycles. The molecule has 0 aliphatic carbocycles. The van der Waals surface area contributed by atoms with Crippen molar-refractivity contribution in [2.75, 3.05) is 7.11 Å². The minimum absolute atomic E-state index is 0.0218. The summed E-state index contributed by atoms with van der Waals surface area (Å²) in [5.74, 6) is -0.301. The SMILES string of the molecule is C=CC[C@@H]1C(=O)N2[C@@H]1SC(C)(C)[C@@H]2C(=O)OC. The predicted molar refractivity (Wildman–Crippen MR) is 66.4 cm³/mol. The average molecular weight is 255 g/mol. The third kappa shape index (κ3) is 1.68. The maximum Gasteiger partial charge on any atom is 0.330 e. The molecule has 17 heavy (non-hydrogen) atoms. The summed E-state index contributed by atoms with van der Waals surface area (Å²) in [7, 11) is 1.36. The van der Waals surface area contributed by atoms with Crippen LogP contribution in [0.1, 0.15) is 20.3 Å². The quantitative estimate of drug-likeness (QED) is 0.434. The fraction of sp³-hybridized carbons (Fsp3) is 0.667. The molecule has 2 aliphatic rings. The van der Waals surface area contributed by atoms with E-state index in [1.807, 2.05) is 13.8 Å². The first-order valence-electron chi connectivity index (χ1n) is 5.62. The topological polar surface area (TPSA) is 46.6 Å². The van der Waals surface area contributed by atoms with Crippen LogP contribution in [0.25, 0.3) is 0 Å². The number of hydrogen-bond donors (Lipinski definition) is 0. The first kappa shape index (κ1) is 12.5. The largest absolute Gasteiger partial charge is 0.467 e. The second-order valence-corrected chi connectivity index (χ2v) is 6.68. The van der Waals surface area contributed by atoms with Crippen LogP contribution < -0.4 is 0 Å². The summed E-state index contributed by atoms with van der Waals surface area (Å²) in [6, 6.07) is -0.462. The van der Waals surface area contributed by atoms with Crippen LogP contribution in [0.3, 0.4) is 0 Å². The van der Waals surface area contributed by atoms with Gasteiger partial charge in [-0.3, -0.25) is 4.79 Å². The highest BCUT2D eigenvalue weighted by Gasteiger charge is 2.63. The number of carbonyl (C=O) groups is 2. The summed E-state index contributed by atoms with van der Waals surface area (Å²) in [5.41, 5.74) is 0. The fourth-order valence-corrected chi connectivity index (χ4v) is 4.27. The minimum atomic E-state index is -0.462. The smallest absolute Gasteiger partial charge is 0.330 e. The van der Waals surface area contributed by atoms with Gasteiger partial charge in [0.15, 0.2) is 0 Å². The van der Waals surface area contributed by atoms with Crippen LogP contribution >= 0.6 is 11.8 Å². The molecule has 0 spiro atoms. The minimum Gasteiger partial charge on any atom is -0.467 e. The number of allylic oxidation sites excluding steroid dienone is 1. The Labute approximate surface area is 105 Å². The maximum absolute atomic E-state index is 12.0. The Hall–Kier alpha value is -0.970. The van der Waals surface area contributed by atoms with Crippen LogP contribution in [0, 0.1) is 5.92 Å². The summed E-state index contributed by atoms with van der Waals surface area (Å²) in [5, 5.41) is 0.0969. The van der Waals surface area contributed by atoms with Gasteiger partial charge in [-0.1, -0.05) is 6.08 Å². The zero-order valence-corrected chi connectivity index (χ0v) is 11.1. The van der Waals surface area contributed by atoms with Crippen molar-refractivity contribution in [3.8, 4) is 0 Å². The Morgan fingerprint density at radius 2 is 2.29 bits per heavy atom. The molecule has 5 heteroatoms. The highest BCUT2D eigenvalue weighted by Crippen LogP contribution is 2.54. The second-order valence-electron chi connectivity index (χ2n) is 4.91. The maximum atomic E-state index is 12.0. The van der Waals surface area contributed by atoms with E-state index in [0.717, 1.165) is 0 Å². The molecule has 0 N–H and O–H groups in total. The first-order valence-corrected chi connectivity index (χ1v) is 6.50. The predicted octanol–water partition coefficient (Wildman–Crippen LogP) is 1.41. The van der Waals surface area contributed by atoms with Crippen LogP contribution in [0.5, 0.6) is 0 Å². The Morgan fingerprint density at radius 3 is 2.82 bits per heavy atom. The van der Waals surface area contributed by atoms with E-state index in [-0.39, 0.29) is 27.9 Å². The van der Waals surface area contributed by atoms with E-state index in [0.29, 0.717) is 6.42 Å². The number of esters is 1. The molecule has 2 fully saturated rings. The van der Waals surface area contributed by atoms with Crippen molar-refractivity contribution in [2.45, 2.75) is 36.4 Å². The number of fused-ring (bicyclic) bond motifs is 1. The average Bonchev–Trinajstić information content (AvgIpc) is 2.54. The van der Waals surface area contributed by atoms with Crippen LogP contribution in [-0.4, -0.2) is 40.0 Å². The number of ether oxygens (including phenoxy) is 1. The molecule has 0 radical (unpaired) electrons. The highest BCUT2D eigenvalue weighted by atomic mass is 32.2. The molecule has 2 saturated heterocycles. The van der Waals surface area contributed by atoms with E-state index < -0.39 is 6.04 Å². The Bertz CT molecular complexity index is 380. The van der Waals surface area contributed by atoms with Gasteiger partial charge < -0.3 is 9.64 Å². The fourth-order valence-electron chi connectivity index (χ4n) is 2.58. The second kappa shape index (κ2) is 4.05. The van der Waals surface area contributed by atoms with Crippen LogP contribution in [0.4, 0.5) is 0 Å². The van der Waals surface area contributed by atoms with Gasteiger partial charge >= 0.3 is 5.97 Å². The number of rotatable bonds is 3. The van der Waals surface area contributed by atoms with Crippen molar-refractivity contribution in [1.29, 1.82) is 0 Å². The summed E-state index contributed by atoms with van der Waals surface area (Å²) in [4.78, 5) is 25.5. The summed E-state index contributed by atoms with van der Waals surface area (Å²) < 4.78 is 4.51. The summed E-state index contributed by atoms with van der Waals surface area (Å²) >= 11 is 1.68. The van der Waals surface area contributed by atoms with Gasteiger partial charge in [0.2, 0.25) is 5.91 Å². The van der Waals surface area contributed by atoms with E-state index in [2.05, 4.69) is 6.58 Å². The van der Waals surface area contributed by atoms with Gasteiger partial charge in [0.1, 0.15) is 6.04 Å². The molecule has 0 aromatic carbocycles. The number of β-lactam (4-membered cyclic amide) rings is 1. The lowest BCUT2D eigenvalue weighted by Crippen LogP contribution is -2.62. The lowest BCUT2D eigenvalue weighted by molar-refractivity contribution is -0.164. The third-order valence-corrected chi connectivity index (χ3v) is 5.02. The molecule has 0 saturated carbocycles. The molecule has 0 unspecified atom stereocenters. The molecule has 2 heterocycles. The molecule has 1 amide bonds. The van der Waals surface area contributed by atoms with Crippen molar-refractivity contribution >= 4 is 23.6 Å². The number of carbonyl (C=O) groups excluding carboxylic acids is 2. The van der Waals surface area contributed by atoms with Crippen LogP contribution in [0.2, 0.25) is 0 Å². The molecular formula is C12H17NO3S. The summed E-state index contributed by atoms with van der Waals surface area (Å²) in [6.45, 7) is 7.63. The Balaban J connectivity index is 2.23. The molecule has 0 bridgehead atoms. The first-order chi connectivity index (χ1) is 7.94. The zero-order valence-electron chi connectivity index (χ0n) is 10.3. The number of hydrogen-bond acceptors (Lipinski definition) is 4. The van der Waals surface area contributed by atoms with Gasteiger partial charge in [-0.05, 0) is 20.3 Å². The van der Waals surface area contributed by atoms with E-state index in [9.17, 15) is 9.59 Å². The summed E-state index contributed by atoms with van der Waals surface area (Å²) in [6.07, 6.45) is 2.44. The van der Waals surface area contributed by atoms with E-state index >= 15 is 0 Å². The number of thioether (sulfide) groups is 1. The normalized spacial score (nSPS) is 33.9. The monoisotopic (exact) mass is 255 g/mol. The van der Waals surface area contributed by atoms with Crippen LogP contribution in [0.15, 0.2) is 12.7 Å². The van der Waals surface area contributed by atoms with Crippen molar-refractivity contribution < 1.29 is 14.3 Å². The van der Waals surface area contributed by atoms with Gasteiger partial charge in [-0.15, -0.1) is 18.3 Å². The molecule has 0 aromatic heterocycles. The number of amides is 1. The molecule has 4 nitrogen and oxygen atoms in total. The van der Waals surface area contributed by atoms with Gasteiger partial charge in [-0.2, -0.15) is 0 Å². The van der Waals surface area contributed by atoms with Gasteiger partial charge in [0.05, 0.1) is 18.4 Å². The lowest BCUT2D eigenvalue weighted by Gasteiger charge is -2.43. The molecule has 2 rings (SSSR count).